The molecule has 25 heavy (non-hydrogen) atoms. The van der Waals surface area contributed by atoms with E-state index in [1.54, 1.807) is 30.0 Å². The van der Waals surface area contributed by atoms with E-state index < -0.39 is 5.97 Å². The number of ether oxygens (including phenoxy) is 1. The number of pyridine rings is 1. The number of carbonyl (C=O) groups excluding carboxylic acids is 2. The molecule has 0 unspecified atom stereocenters. The molecule has 0 fully saturated rings. The lowest BCUT2D eigenvalue weighted by molar-refractivity contribution is -0.128. The molecule has 7 heteroatoms. The zero-order valence-corrected chi connectivity index (χ0v) is 15.4. The maximum Gasteiger partial charge on any atom is 0.341 e. The minimum Gasteiger partial charge on any atom is -0.462 e. The monoisotopic (exact) mass is 363 g/mol. The van der Waals surface area contributed by atoms with Gasteiger partial charge in [-0.1, -0.05) is 11.6 Å². The number of carbonyl (C=O) groups is 2. The highest BCUT2D eigenvalue weighted by Crippen LogP contribution is 2.29. The molecule has 2 rings (SSSR count). The summed E-state index contributed by atoms with van der Waals surface area (Å²) >= 11 is 6.09. The van der Waals surface area contributed by atoms with Crippen LogP contribution in [-0.2, 0) is 9.53 Å². The Labute approximate surface area is 152 Å². The first-order chi connectivity index (χ1) is 12.0. The van der Waals surface area contributed by atoms with Gasteiger partial charge in [-0.2, -0.15) is 0 Å². The predicted octanol–water partition coefficient (Wildman–Crippen LogP) is 3.35. The van der Waals surface area contributed by atoms with Gasteiger partial charge in [0.25, 0.3) is 0 Å². The second kappa shape index (κ2) is 8.67. The maximum atomic E-state index is 12.3. The largest absolute Gasteiger partial charge is 0.462 e. The first-order valence-electron chi connectivity index (χ1n) is 8.28. The summed E-state index contributed by atoms with van der Waals surface area (Å²) in [5.74, 6) is -0.540. The standard InChI is InChI=1S/C18H22ClN3O3/c1-4-22(5-2)16(23)11-21-17-13-9-12(19)7-8-15(13)20-10-14(17)18(24)25-6-3/h7-10H,4-6,11H2,1-3H3,(H,20,21). The van der Waals surface area contributed by atoms with Crippen LogP contribution in [-0.4, -0.2) is 48.0 Å². The van der Waals surface area contributed by atoms with Gasteiger partial charge in [0.2, 0.25) is 5.91 Å². The smallest absolute Gasteiger partial charge is 0.341 e. The van der Waals surface area contributed by atoms with Crippen LogP contribution in [0.3, 0.4) is 0 Å². The summed E-state index contributed by atoms with van der Waals surface area (Å²) in [6.45, 7) is 7.17. The molecule has 134 valence electrons. The Morgan fingerprint density at radius 1 is 1.24 bits per heavy atom. The molecule has 1 N–H and O–H groups in total. The van der Waals surface area contributed by atoms with Gasteiger partial charge in [0, 0.05) is 29.7 Å². The van der Waals surface area contributed by atoms with Crippen LogP contribution in [0.25, 0.3) is 10.9 Å². The molecule has 1 aromatic heterocycles. The lowest BCUT2D eigenvalue weighted by Gasteiger charge is -2.20. The van der Waals surface area contributed by atoms with E-state index in [2.05, 4.69) is 10.3 Å². The van der Waals surface area contributed by atoms with Gasteiger partial charge >= 0.3 is 5.97 Å². The number of hydrogen-bond donors (Lipinski definition) is 1. The zero-order chi connectivity index (χ0) is 18.4. The zero-order valence-electron chi connectivity index (χ0n) is 14.6. The van der Waals surface area contributed by atoms with Crippen molar-refractivity contribution in [2.24, 2.45) is 0 Å². The van der Waals surface area contributed by atoms with Crippen molar-refractivity contribution in [2.45, 2.75) is 20.8 Å². The van der Waals surface area contributed by atoms with E-state index in [1.165, 1.54) is 6.20 Å². The maximum absolute atomic E-state index is 12.3. The Bertz CT molecular complexity index is 775. The summed E-state index contributed by atoms with van der Waals surface area (Å²) in [6.07, 6.45) is 1.46. The lowest BCUT2D eigenvalue weighted by atomic mass is 10.1. The molecular weight excluding hydrogens is 342 g/mol. The van der Waals surface area contributed by atoms with Crippen LogP contribution in [0, 0.1) is 0 Å². The van der Waals surface area contributed by atoms with E-state index in [4.69, 9.17) is 16.3 Å². The number of nitrogens with one attached hydrogen (secondary N) is 1. The lowest BCUT2D eigenvalue weighted by Crippen LogP contribution is -2.35. The van der Waals surface area contributed by atoms with Gasteiger partial charge in [-0.3, -0.25) is 9.78 Å². The molecule has 2 aromatic rings. The van der Waals surface area contributed by atoms with Crippen molar-refractivity contribution in [1.29, 1.82) is 0 Å². The Balaban J connectivity index is 2.42. The highest BCUT2D eigenvalue weighted by atomic mass is 35.5. The number of anilines is 1. The number of benzene rings is 1. The van der Waals surface area contributed by atoms with Crippen molar-refractivity contribution in [1.82, 2.24) is 9.88 Å². The average molecular weight is 364 g/mol. The van der Waals surface area contributed by atoms with E-state index >= 15 is 0 Å². The fraction of sp³-hybridized carbons (Fsp3) is 0.389. The van der Waals surface area contributed by atoms with Crippen LogP contribution in [0.1, 0.15) is 31.1 Å². The second-order valence-electron chi connectivity index (χ2n) is 5.35. The van der Waals surface area contributed by atoms with Crippen LogP contribution in [0.5, 0.6) is 0 Å². The molecule has 0 saturated carbocycles. The van der Waals surface area contributed by atoms with Gasteiger partial charge in [-0.05, 0) is 39.0 Å². The van der Waals surface area contributed by atoms with Crippen LogP contribution >= 0.6 is 11.6 Å². The van der Waals surface area contributed by atoms with Gasteiger partial charge in [-0.15, -0.1) is 0 Å². The number of amides is 1. The molecule has 0 radical (unpaired) electrons. The van der Waals surface area contributed by atoms with Crippen molar-refractivity contribution in [3.8, 4) is 0 Å². The van der Waals surface area contributed by atoms with Gasteiger partial charge in [0.1, 0.15) is 5.56 Å². The number of rotatable bonds is 7. The molecule has 6 nitrogen and oxygen atoms in total. The molecule has 0 spiro atoms. The molecule has 0 bridgehead atoms. The van der Waals surface area contributed by atoms with Gasteiger partial charge in [0.05, 0.1) is 24.4 Å². The number of hydrogen-bond acceptors (Lipinski definition) is 5. The first-order valence-corrected chi connectivity index (χ1v) is 8.66. The normalized spacial score (nSPS) is 10.6. The number of likely N-dealkylation sites (N-methyl/N-ethyl adjacent to an activating group) is 1. The molecule has 1 aromatic carbocycles. The molecule has 0 aliphatic heterocycles. The summed E-state index contributed by atoms with van der Waals surface area (Å²) in [5, 5.41) is 4.27. The minimum atomic E-state index is -0.491. The van der Waals surface area contributed by atoms with E-state index in [-0.39, 0.29) is 24.6 Å². The Morgan fingerprint density at radius 3 is 2.60 bits per heavy atom. The fourth-order valence-electron chi connectivity index (χ4n) is 2.57. The molecule has 1 heterocycles. The molecule has 0 saturated heterocycles. The quantitative estimate of drug-likeness (QED) is 0.764. The number of esters is 1. The predicted molar refractivity (Wildman–Crippen MR) is 99.1 cm³/mol. The molecule has 0 atom stereocenters. The number of halogens is 1. The van der Waals surface area contributed by atoms with Crippen LogP contribution in [0.15, 0.2) is 24.4 Å². The topological polar surface area (TPSA) is 71.5 Å². The Morgan fingerprint density at radius 2 is 1.96 bits per heavy atom. The summed E-state index contributed by atoms with van der Waals surface area (Å²) in [4.78, 5) is 30.6. The Hall–Kier alpha value is -2.34. The van der Waals surface area contributed by atoms with Crippen molar-refractivity contribution in [2.75, 3.05) is 31.6 Å². The third kappa shape index (κ3) is 4.39. The molecule has 0 aliphatic rings. The summed E-state index contributed by atoms with van der Waals surface area (Å²) in [7, 11) is 0. The summed E-state index contributed by atoms with van der Waals surface area (Å²) in [6, 6.07) is 5.21. The van der Waals surface area contributed by atoms with Crippen molar-refractivity contribution >= 4 is 40.1 Å². The van der Waals surface area contributed by atoms with E-state index in [0.717, 1.165) is 0 Å². The SMILES string of the molecule is CCOC(=O)c1cnc2ccc(Cl)cc2c1NCC(=O)N(CC)CC. The highest BCUT2D eigenvalue weighted by Gasteiger charge is 2.18. The number of fused-ring (bicyclic) bond motifs is 1. The van der Waals surface area contributed by atoms with E-state index in [1.807, 2.05) is 13.8 Å². The van der Waals surface area contributed by atoms with Crippen LogP contribution in [0.2, 0.25) is 5.02 Å². The van der Waals surface area contributed by atoms with Crippen LogP contribution in [0.4, 0.5) is 5.69 Å². The minimum absolute atomic E-state index is 0.0493. The van der Waals surface area contributed by atoms with Crippen LogP contribution < -0.4 is 5.32 Å². The summed E-state index contributed by atoms with van der Waals surface area (Å²) in [5.41, 5.74) is 1.46. The highest BCUT2D eigenvalue weighted by molar-refractivity contribution is 6.31. The van der Waals surface area contributed by atoms with Gasteiger partial charge in [0.15, 0.2) is 0 Å². The molecule has 0 aliphatic carbocycles. The Kier molecular flexibility index (Phi) is 6.58. The fourth-order valence-corrected chi connectivity index (χ4v) is 2.74. The summed E-state index contributed by atoms with van der Waals surface area (Å²) < 4.78 is 5.10. The number of aromatic nitrogens is 1. The van der Waals surface area contributed by atoms with E-state index in [0.29, 0.717) is 34.7 Å². The van der Waals surface area contributed by atoms with Gasteiger partial charge in [-0.25, -0.2) is 4.79 Å². The van der Waals surface area contributed by atoms with Crippen molar-refractivity contribution < 1.29 is 14.3 Å². The average Bonchev–Trinajstić information content (AvgIpc) is 2.60. The third-order valence-electron chi connectivity index (χ3n) is 3.86. The van der Waals surface area contributed by atoms with Gasteiger partial charge < -0.3 is 15.0 Å². The van der Waals surface area contributed by atoms with Crippen molar-refractivity contribution in [3.63, 3.8) is 0 Å². The van der Waals surface area contributed by atoms with Crippen molar-refractivity contribution in [3.05, 3.63) is 35.0 Å². The molecule has 1 amide bonds. The molecular formula is C18H22ClN3O3. The third-order valence-corrected chi connectivity index (χ3v) is 4.09. The first kappa shape index (κ1) is 19.0. The van der Waals surface area contributed by atoms with E-state index in [9.17, 15) is 9.59 Å². The number of nitrogens with zero attached hydrogens (tertiary/aromatic N) is 2. The second-order valence-corrected chi connectivity index (χ2v) is 5.78.